The van der Waals surface area contributed by atoms with Crippen LogP contribution >= 0.6 is 0 Å². The van der Waals surface area contributed by atoms with Gasteiger partial charge in [0.05, 0.1) is 25.8 Å². The lowest BCUT2D eigenvalue weighted by Gasteiger charge is -2.22. The van der Waals surface area contributed by atoms with Gasteiger partial charge in [-0.05, 0) is 37.1 Å². The van der Waals surface area contributed by atoms with Gasteiger partial charge < -0.3 is 15.6 Å². The van der Waals surface area contributed by atoms with Gasteiger partial charge in [0, 0.05) is 12.6 Å². The lowest BCUT2D eigenvalue weighted by Crippen LogP contribution is -2.31. The summed E-state index contributed by atoms with van der Waals surface area (Å²) < 4.78 is 5.31. The van der Waals surface area contributed by atoms with Gasteiger partial charge in [-0.3, -0.25) is 4.90 Å². The summed E-state index contributed by atoms with van der Waals surface area (Å²) in [7, 11) is 1.64. The van der Waals surface area contributed by atoms with E-state index >= 15 is 0 Å². The molecular formula is C16H22N2O2. The fourth-order valence-electron chi connectivity index (χ4n) is 2.64. The zero-order valence-corrected chi connectivity index (χ0v) is 11.9. The first-order valence-corrected chi connectivity index (χ1v) is 6.99. The van der Waals surface area contributed by atoms with Crippen LogP contribution in [0.1, 0.15) is 24.0 Å². The molecule has 0 saturated carbocycles. The van der Waals surface area contributed by atoms with Crippen molar-refractivity contribution in [1.82, 2.24) is 4.90 Å². The SMILES string of the molecule is COc1ccc(CN2CCCC2CO)cc1C#CCN. The van der Waals surface area contributed by atoms with Crippen molar-refractivity contribution in [3.05, 3.63) is 29.3 Å². The Hall–Kier alpha value is -1.54. The number of rotatable bonds is 4. The molecule has 20 heavy (non-hydrogen) atoms. The molecule has 0 radical (unpaired) electrons. The highest BCUT2D eigenvalue weighted by atomic mass is 16.5. The summed E-state index contributed by atoms with van der Waals surface area (Å²) in [6.07, 6.45) is 2.23. The Morgan fingerprint density at radius 3 is 3.05 bits per heavy atom. The highest BCUT2D eigenvalue weighted by molar-refractivity contribution is 5.48. The van der Waals surface area contributed by atoms with E-state index < -0.39 is 0 Å². The van der Waals surface area contributed by atoms with Gasteiger partial charge in [-0.25, -0.2) is 0 Å². The Bertz CT molecular complexity index is 505. The monoisotopic (exact) mass is 274 g/mol. The summed E-state index contributed by atoms with van der Waals surface area (Å²) in [5.41, 5.74) is 7.48. The van der Waals surface area contributed by atoms with Crippen LogP contribution in [-0.2, 0) is 6.54 Å². The largest absolute Gasteiger partial charge is 0.495 e. The topological polar surface area (TPSA) is 58.7 Å². The van der Waals surface area contributed by atoms with Crippen LogP contribution in [0.3, 0.4) is 0 Å². The Balaban J connectivity index is 2.16. The third-order valence-corrected chi connectivity index (χ3v) is 3.68. The molecule has 0 bridgehead atoms. The number of ether oxygens (including phenoxy) is 1. The number of aliphatic hydroxyl groups is 1. The standard InChI is InChI=1S/C16H22N2O2/c1-20-16-7-6-13(10-14(16)4-2-8-17)11-18-9-3-5-15(18)12-19/h6-7,10,15,19H,3,5,8-9,11-12,17H2,1H3. The van der Waals surface area contributed by atoms with Crippen molar-refractivity contribution < 1.29 is 9.84 Å². The Morgan fingerprint density at radius 2 is 2.35 bits per heavy atom. The first-order chi connectivity index (χ1) is 9.78. The second-order valence-electron chi connectivity index (χ2n) is 4.99. The van der Waals surface area contributed by atoms with Crippen LogP contribution in [0.15, 0.2) is 18.2 Å². The molecule has 1 saturated heterocycles. The van der Waals surface area contributed by atoms with Gasteiger partial charge in [0.15, 0.2) is 0 Å². The number of aliphatic hydroxyl groups excluding tert-OH is 1. The maximum atomic E-state index is 9.37. The van der Waals surface area contributed by atoms with Crippen LogP contribution in [0.25, 0.3) is 0 Å². The van der Waals surface area contributed by atoms with Crippen molar-refractivity contribution in [1.29, 1.82) is 0 Å². The van der Waals surface area contributed by atoms with Crippen LogP contribution in [0.2, 0.25) is 0 Å². The van der Waals surface area contributed by atoms with Gasteiger partial charge in [-0.2, -0.15) is 0 Å². The molecule has 1 aromatic carbocycles. The number of benzene rings is 1. The van der Waals surface area contributed by atoms with E-state index in [-0.39, 0.29) is 12.6 Å². The average molecular weight is 274 g/mol. The third kappa shape index (κ3) is 3.51. The summed E-state index contributed by atoms with van der Waals surface area (Å²) in [4.78, 5) is 2.32. The van der Waals surface area contributed by atoms with Gasteiger partial charge in [0.1, 0.15) is 5.75 Å². The van der Waals surface area contributed by atoms with E-state index in [2.05, 4.69) is 22.8 Å². The minimum Gasteiger partial charge on any atom is -0.495 e. The fourth-order valence-corrected chi connectivity index (χ4v) is 2.64. The van der Waals surface area contributed by atoms with Crippen LogP contribution in [0.4, 0.5) is 0 Å². The number of hydrogen-bond donors (Lipinski definition) is 2. The summed E-state index contributed by atoms with van der Waals surface area (Å²) in [6.45, 7) is 2.45. The van der Waals surface area contributed by atoms with Crippen LogP contribution in [0, 0.1) is 11.8 Å². The fraction of sp³-hybridized carbons (Fsp3) is 0.500. The molecule has 108 valence electrons. The second kappa shape index (κ2) is 7.30. The van der Waals surface area contributed by atoms with Gasteiger partial charge >= 0.3 is 0 Å². The van der Waals surface area contributed by atoms with E-state index in [9.17, 15) is 5.11 Å². The van der Waals surface area contributed by atoms with Gasteiger partial charge in [-0.15, -0.1) is 0 Å². The van der Waals surface area contributed by atoms with Crippen molar-refractivity contribution >= 4 is 0 Å². The molecule has 1 unspecified atom stereocenters. The summed E-state index contributed by atoms with van der Waals surface area (Å²) in [6, 6.07) is 6.34. The smallest absolute Gasteiger partial charge is 0.134 e. The minimum absolute atomic E-state index is 0.232. The molecule has 0 aliphatic carbocycles. The molecule has 0 aromatic heterocycles. The zero-order valence-electron chi connectivity index (χ0n) is 11.9. The molecule has 3 N–H and O–H groups in total. The van der Waals surface area contributed by atoms with Crippen LogP contribution < -0.4 is 10.5 Å². The highest BCUT2D eigenvalue weighted by Gasteiger charge is 2.23. The predicted molar refractivity (Wildman–Crippen MR) is 79.4 cm³/mol. The van der Waals surface area contributed by atoms with Crippen molar-refractivity contribution in [2.75, 3.05) is 26.8 Å². The lowest BCUT2D eigenvalue weighted by atomic mass is 10.1. The second-order valence-corrected chi connectivity index (χ2v) is 4.99. The molecule has 1 aromatic rings. The van der Waals surface area contributed by atoms with E-state index in [1.165, 1.54) is 5.56 Å². The minimum atomic E-state index is 0.232. The van der Waals surface area contributed by atoms with Crippen LogP contribution in [-0.4, -0.2) is 42.9 Å². The molecule has 1 heterocycles. The Kier molecular flexibility index (Phi) is 5.42. The van der Waals surface area contributed by atoms with Gasteiger partial charge in [-0.1, -0.05) is 17.9 Å². The molecule has 2 rings (SSSR count). The number of nitrogens with two attached hydrogens (primary N) is 1. The van der Waals surface area contributed by atoms with Crippen molar-refractivity contribution in [2.24, 2.45) is 5.73 Å². The van der Waals surface area contributed by atoms with E-state index in [1.807, 2.05) is 12.1 Å². The Morgan fingerprint density at radius 1 is 1.50 bits per heavy atom. The molecule has 4 heteroatoms. The molecule has 1 atom stereocenters. The maximum absolute atomic E-state index is 9.37. The molecule has 1 aliphatic heterocycles. The Labute approximate surface area is 120 Å². The maximum Gasteiger partial charge on any atom is 0.134 e. The molecular weight excluding hydrogens is 252 g/mol. The van der Waals surface area contributed by atoms with Crippen molar-refractivity contribution in [3.63, 3.8) is 0 Å². The number of likely N-dealkylation sites (tertiary alicyclic amines) is 1. The van der Waals surface area contributed by atoms with Crippen molar-refractivity contribution in [2.45, 2.75) is 25.4 Å². The summed E-state index contributed by atoms with van der Waals surface area (Å²) >= 11 is 0. The zero-order chi connectivity index (χ0) is 14.4. The van der Waals surface area contributed by atoms with Crippen molar-refractivity contribution in [3.8, 4) is 17.6 Å². The lowest BCUT2D eigenvalue weighted by molar-refractivity contribution is 0.153. The molecule has 0 amide bonds. The highest BCUT2D eigenvalue weighted by Crippen LogP contribution is 2.23. The number of methoxy groups -OCH3 is 1. The summed E-state index contributed by atoms with van der Waals surface area (Å²) in [5, 5.41) is 9.37. The normalized spacial score (nSPS) is 18.6. The molecule has 0 spiro atoms. The number of nitrogens with zero attached hydrogens (tertiary/aromatic N) is 1. The first kappa shape index (κ1) is 14.9. The third-order valence-electron chi connectivity index (χ3n) is 3.68. The molecule has 4 nitrogen and oxygen atoms in total. The van der Waals surface area contributed by atoms with Crippen LogP contribution in [0.5, 0.6) is 5.75 Å². The van der Waals surface area contributed by atoms with Gasteiger partial charge in [0.2, 0.25) is 0 Å². The van der Waals surface area contributed by atoms with E-state index in [4.69, 9.17) is 10.5 Å². The molecule has 1 aliphatic rings. The predicted octanol–water partition coefficient (Wildman–Crippen LogP) is 0.962. The molecule has 1 fully saturated rings. The number of hydrogen-bond acceptors (Lipinski definition) is 4. The average Bonchev–Trinajstić information content (AvgIpc) is 2.92. The van der Waals surface area contributed by atoms with E-state index in [0.29, 0.717) is 6.54 Å². The quantitative estimate of drug-likeness (QED) is 0.803. The van der Waals surface area contributed by atoms with E-state index in [1.54, 1.807) is 7.11 Å². The first-order valence-electron chi connectivity index (χ1n) is 6.99. The van der Waals surface area contributed by atoms with Gasteiger partial charge in [0.25, 0.3) is 0 Å². The van der Waals surface area contributed by atoms with E-state index in [0.717, 1.165) is 37.2 Å². The summed E-state index contributed by atoms with van der Waals surface area (Å²) in [5.74, 6) is 6.68.